The molecule has 13 heteroatoms. The first-order valence-electron chi connectivity index (χ1n) is 10.5. The largest absolute Gasteiger partial charge is 0.463 e. The van der Waals surface area contributed by atoms with E-state index in [0.29, 0.717) is 11.0 Å². The number of nitrogens with one attached hydrogen (secondary N) is 1. The predicted octanol–water partition coefficient (Wildman–Crippen LogP) is 2.75. The quantitative estimate of drug-likeness (QED) is 0.494. The van der Waals surface area contributed by atoms with Gasteiger partial charge in [-0.3, -0.25) is 9.59 Å². The molecule has 0 spiro atoms. The number of amides is 2. The number of aliphatic hydroxyl groups excluding tert-OH is 1. The molecule has 34 heavy (non-hydrogen) atoms. The third kappa shape index (κ3) is 5.25. The van der Waals surface area contributed by atoms with Gasteiger partial charge in [-0.15, -0.1) is 0 Å². The van der Waals surface area contributed by atoms with Crippen LogP contribution in [0.4, 0.5) is 13.2 Å². The summed E-state index contributed by atoms with van der Waals surface area (Å²) < 4.78 is 47.7. The molecule has 2 amide bonds. The van der Waals surface area contributed by atoms with Crippen LogP contribution in [0.15, 0.2) is 46.0 Å². The van der Waals surface area contributed by atoms with Crippen LogP contribution < -0.4 is 5.32 Å². The summed E-state index contributed by atoms with van der Waals surface area (Å²) in [5, 5.41) is 16.9. The minimum Gasteiger partial charge on any atom is -0.463 e. The van der Waals surface area contributed by atoms with Crippen LogP contribution in [0.1, 0.15) is 23.2 Å². The van der Waals surface area contributed by atoms with Crippen molar-refractivity contribution in [2.45, 2.75) is 37.7 Å². The number of furan rings is 1. The number of carbonyl (C=O) groups excluding carboxylic acids is 2. The van der Waals surface area contributed by atoms with E-state index in [1.807, 2.05) is 0 Å². The van der Waals surface area contributed by atoms with Crippen molar-refractivity contribution in [1.82, 2.24) is 25.0 Å². The second-order valence-electron chi connectivity index (χ2n) is 8.08. The zero-order valence-electron chi connectivity index (χ0n) is 17.7. The van der Waals surface area contributed by atoms with Gasteiger partial charge in [0.25, 0.3) is 11.8 Å². The minimum absolute atomic E-state index is 0.133. The third-order valence-corrected chi connectivity index (χ3v) is 6.34. The first kappa shape index (κ1) is 24.2. The first-order chi connectivity index (χ1) is 16.1. The Bertz CT molecular complexity index is 1170. The Kier molecular flexibility index (Phi) is 6.94. The van der Waals surface area contributed by atoms with Crippen molar-refractivity contribution in [2.75, 3.05) is 13.1 Å². The molecule has 3 atom stereocenters. The Labute approximate surface area is 200 Å². The van der Waals surface area contributed by atoms with E-state index in [0.717, 1.165) is 4.47 Å². The van der Waals surface area contributed by atoms with Crippen molar-refractivity contribution in [3.8, 4) is 0 Å². The van der Waals surface area contributed by atoms with Gasteiger partial charge >= 0.3 is 6.18 Å². The number of aliphatic hydroxyl groups is 1. The van der Waals surface area contributed by atoms with Gasteiger partial charge in [-0.1, -0.05) is 15.9 Å². The summed E-state index contributed by atoms with van der Waals surface area (Å²) in [7, 11) is 0. The highest BCUT2D eigenvalue weighted by Gasteiger charge is 2.45. The molecular formula is C21H21BrF3N5O4. The second-order valence-corrected chi connectivity index (χ2v) is 9.00. The second kappa shape index (κ2) is 9.74. The Balaban J connectivity index is 1.51. The highest BCUT2D eigenvalue weighted by atomic mass is 79.9. The first-order valence-corrected chi connectivity index (χ1v) is 11.3. The van der Waals surface area contributed by atoms with Crippen molar-refractivity contribution in [3.05, 3.63) is 47.2 Å². The van der Waals surface area contributed by atoms with E-state index >= 15 is 0 Å². The van der Waals surface area contributed by atoms with Gasteiger partial charge in [0.15, 0.2) is 6.10 Å². The van der Waals surface area contributed by atoms with Crippen LogP contribution in [0.5, 0.6) is 0 Å². The molecule has 1 aliphatic heterocycles. The molecule has 182 valence electrons. The molecule has 0 aliphatic carbocycles. The zero-order valence-corrected chi connectivity index (χ0v) is 19.3. The summed E-state index contributed by atoms with van der Waals surface area (Å²) in [6.07, 6.45) is -2.67. The molecule has 1 aliphatic rings. The lowest BCUT2D eigenvalue weighted by atomic mass is 9.89. The molecule has 3 aromatic rings. The van der Waals surface area contributed by atoms with Crippen molar-refractivity contribution in [3.63, 3.8) is 0 Å². The molecule has 2 N–H and O–H groups in total. The van der Waals surface area contributed by atoms with Crippen LogP contribution in [0.2, 0.25) is 0 Å². The minimum atomic E-state index is -4.42. The molecule has 1 aromatic carbocycles. The third-order valence-electron chi connectivity index (χ3n) is 5.85. The number of aromatic nitrogens is 3. The van der Waals surface area contributed by atoms with Gasteiger partial charge in [-0.05, 0) is 31.0 Å². The highest BCUT2D eigenvalue weighted by molar-refractivity contribution is 9.10. The summed E-state index contributed by atoms with van der Waals surface area (Å²) in [5.74, 6) is -2.87. The number of alkyl halides is 3. The van der Waals surface area contributed by atoms with E-state index in [2.05, 4.69) is 31.3 Å². The van der Waals surface area contributed by atoms with Gasteiger partial charge in [0.05, 0.1) is 18.0 Å². The molecule has 0 bridgehead atoms. The maximum atomic E-state index is 13.4. The molecule has 1 unspecified atom stereocenters. The predicted molar refractivity (Wildman–Crippen MR) is 117 cm³/mol. The summed E-state index contributed by atoms with van der Waals surface area (Å²) in [6.45, 7) is -0.545. The van der Waals surface area contributed by atoms with Crippen molar-refractivity contribution in [2.24, 2.45) is 5.92 Å². The fourth-order valence-electron chi connectivity index (χ4n) is 4.05. The number of hydrogen-bond acceptors (Lipinski definition) is 6. The number of benzene rings is 1. The van der Waals surface area contributed by atoms with E-state index in [4.69, 9.17) is 4.42 Å². The number of piperidine rings is 1. The zero-order chi connectivity index (χ0) is 24.5. The van der Waals surface area contributed by atoms with Gasteiger partial charge in [-0.25, -0.2) is 9.67 Å². The van der Waals surface area contributed by atoms with Crippen LogP contribution in [-0.4, -0.2) is 68.0 Å². The van der Waals surface area contributed by atoms with E-state index in [1.54, 1.807) is 18.2 Å². The summed E-state index contributed by atoms with van der Waals surface area (Å²) in [5.41, 5.74) is 0.696. The Morgan fingerprint density at radius 3 is 2.85 bits per heavy atom. The van der Waals surface area contributed by atoms with Crippen molar-refractivity contribution >= 4 is 38.7 Å². The lowest BCUT2D eigenvalue weighted by Crippen LogP contribution is -2.54. The number of halogens is 4. The monoisotopic (exact) mass is 543 g/mol. The SMILES string of the molecule is O=C(NC[C@@H]1C[C@H](C(F)(F)F)CCN1C(=O)c1coc2ccc(Br)cc12)C(O)Cn1cncn1. The Morgan fingerprint density at radius 1 is 1.35 bits per heavy atom. The maximum Gasteiger partial charge on any atom is 0.391 e. The van der Waals surface area contributed by atoms with Crippen molar-refractivity contribution in [1.29, 1.82) is 0 Å². The van der Waals surface area contributed by atoms with Gasteiger partial charge in [-0.2, -0.15) is 18.3 Å². The van der Waals surface area contributed by atoms with E-state index in [1.165, 1.54) is 28.5 Å². The fourth-order valence-corrected chi connectivity index (χ4v) is 4.42. The van der Waals surface area contributed by atoms with E-state index < -0.39 is 36.1 Å². The molecule has 1 fully saturated rings. The lowest BCUT2D eigenvalue weighted by Gasteiger charge is -2.40. The standard InChI is InChI=1S/C21H21BrF3N5O4/c22-13-1-2-18-15(6-13)16(9-34-18)20(33)30-4-3-12(21(23,24)25)5-14(30)7-27-19(32)17(31)8-29-11-26-10-28-29/h1-2,6,9-12,14,17,31H,3-5,7-8H2,(H,27,32)/t12-,14+,17?/m1/s1. The number of nitrogens with zero attached hydrogens (tertiary/aromatic N) is 4. The van der Waals surface area contributed by atoms with Crippen LogP contribution in [0.3, 0.4) is 0 Å². The van der Waals surface area contributed by atoms with Gasteiger partial charge in [0.1, 0.15) is 24.5 Å². The number of fused-ring (bicyclic) bond motifs is 1. The molecule has 2 aromatic heterocycles. The lowest BCUT2D eigenvalue weighted by molar-refractivity contribution is -0.187. The Morgan fingerprint density at radius 2 is 2.15 bits per heavy atom. The molecule has 4 rings (SSSR count). The average molecular weight is 544 g/mol. The summed E-state index contributed by atoms with van der Waals surface area (Å²) >= 11 is 3.34. The maximum absolute atomic E-state index is 13.4. The topological polar surface area (TPSA) is 113 Å². The fraction of sp³-hybridized carbons (Fsp3) is 0.429. The smallest absolute Gasteiger partial charge is 0.391 e. The van der Waals surface area contributed by atoms with Crippen LogP contribution in [0, 0.1) is 5.92 Å². The van der Waals surface area contributed by atoms with Crippen LogP contribution in [0.25, 0.3) is 11.0 Å². The van der Waals surface area contributed by atoms with Crippen LogP contribution >= 0.6 is 15.9 Å². The molecule has 3 heterocycles. The number of carbonyl (C=O) groups is 2. The molecule has 0 radical (unpaired) electrons. The molecule has 9 nitrogen and oxygen atoms in total. The van der Waals surface area contributed by atoms with Crippen molar-refractivity contribution < 1.29 is 32.3 Å². The summed E-state index contributed by atoms with van der Waals surface area (Å²) in [4.78, 5) is 30.7. The van der Waals surface area contributed by atoms with E-state index in [9.17, 15) is 27.9 Å². The Hall–Kier alpha value is -2.93. The van der Waals surface area contributed by atoms with Gasteiger partial charge in [0.2, 0.25) is 0 Å². The average Bonchev–Trinajstić information content (AvgIpc) is 3.45. The highest BCUT2D eigenvalue weighted by Crippen LogP contribution is 2.37. The van der Waals surface area contributed by atoms with Gasteiger partial charge < -0.3 is 19.7 Å². The number of rotatable bonds is 6. The van der Waals surface area contributed by atoms with Gasteiger partial charge in [0, 0.05) is 29.0 Å². The molecule has 0 saturated carbocycles. The summed E-state index contributed by atoms with van der Waals surface area (Å²) in [6, 6.07) is 4.21. The van der Waals surface area contributed by atoms with Crippen LogP contribution in [-0.2, 0) is 11.3 Å². The normalized spacial score (nSPS) is 19.9. The number of hydrogen-bond donors (Lipinski definition) is 2. The van der Waals surface area contributed by atoms with E-state index in [-0.39, 0.29) is 38.0 Å². The molecular weight excluding hydrogens is 523 g/mol. The number of likely N-dealkylation sites (tertiary alicyclic amines) is 1. The molecule has 1 saturated heterocycles.